The van der Waals surface area contributed by atoms with Gasteiger partial charge >= 0.3 is 44.8 Å². The molecule has 0 spiro atoms. The summed E-state index contributed by atoms with van der Waals surface area (Å²) < 4.78 is 0. The minimum Gasteiger partial charge on any atom is -2.00 e. The van der Waals surface area contributed by atoms with E-state index in [9.17, 15) is 0 Å². The zero-order valence-electron chi connectivity index (χ0n) is 2.94. The molecule has 0 saturated carbocycles. The van der Waals surface area contributed by atoms with Gasteiger partial charge in [0.2, 0.25) is 0 Å². The van der Waals surface area contributed by atoms with Crippen molar-refractivity contribution in [3.8, 4) is 0 Å². The Kier molecular flexibility index (Phi) is 715. The molecule has 0 N–H and O–H groups in total. The third kappa shape index (κ3) is 46.2. The van der Waals surface area contributed by atoms with Gasteiger partial charge < -0.3 is 67.5 Å². The Labute approximate surface area is 111 Å². The van der Waals surface area contributed by atoms with Crippen molar-refractivity contribution >= 4 is 67.5 Å². The van der Waals surface area contributed by atoms with Crippen LogP contribution in [0.2, 0.25) is 0 Å². The average Bonchev–Trinajstić information content (AvgIpc) is 0. The van der Waals surface area contributed by atoms with Crippen LogP contribution in [0.1, 0.15) is 0 Å². The van der Waals surface area contributed by atoms with Gasteiger partial charge in [0, 0.05) is 0 Å². The Morgan fingerprint density at radius 2 is 0.286 bits per heavy atom. The quantitative estimate of drug-likeness (QED) is 0.541. The predicted molar refractivity (Wildman–Crippen MR) is 36.8 cm³/mol. The van der Waals surface area contributed by atoms with E-state index in [-0.39, 0.29) is 112 Å². The first-order chi connectivity index (χ1) is 0. The van der Waals surface area contributed by atoms with Gasteiger partial charge in [-0.2, -0.15) is 0 Å². The van der Waals surface area contributed by atoms with E-state index in [4.69, 9.17) is 0 Å². The van der Waals surface area contributed by atoms with E-state index in [1.165, 1.54) is 0 Å². The van der Waals surface area contributed by atoms with E-state index in [1.807, 2.05) is 0 Å². The fourth-order valence-corrected chi connectivity index (χ4v) is 0. The van der Waals surface area contributed by atoms with Gasteiger partial charge in [-0.25, -0.2) is 0 Å². The number of rotatable bonds is 0. The van der Waals surface area contributed by atoms with Crippen LogP contribution in [-0.4, -0.2) is 0 Å². The van der Waals surface area contributed by atoms with Crippen LogP contribution in [0.3, 0.4) is 0 Å². The molecule has 0 rings (SSSR count). The molecule has 0 unspecified atom stereocenters. The molecule has 0 saturated heterocycles. The van der Waals surface area contributed by atoms with Crippen LogP contribution in [0, 0.1) is 0 Å². The third-order valence-corrected chi connectivity index (χ3v) is 0. The number of hydrogen-bond acceptors (Lipinski definition) is 0. The van der Waals surface area contributed by atoms with Crippen LogP contribution < -0.4 is 0 Å². The van der Waals surface area contributed by atoms with Crippen molar-refractivity contribution in [3.63, 3.8) is 0 Å². The van der Waals surface area contributed by atoms with Gasteiger partial charge in [-0.05, 0) is 0 Å². The van der Waals surface area contributed by atoms with Crippen LogP contribution in [0.4, 0.5) is 0 Å². The summed E-state index contributed by atoms with van der Waals surface area (Å²) in [6.45, 7) is 0. The molecule has 0 amide bonds. The van der Waals surface area contributed by atoms with E-state index >= 15 is 0 Å². The molecular formula is Nb2S5. The minimum atomic E-state index is 0. The summed E-state index contributed by atoms with van der Waals surface area (Å²) in [4.78, 5) is 0. The second-order valence-corrected chi connectivity index (χ2v) is 0. The van der Waals surface area contributed by atoms with Gasteiger partial charge in [-0.15, -0.1) is 0 Å². The minimum absolute atomic E-state index is 0. The van der Waals surface area contributed by atoms with Crippen molar-refractivity contribution in [2.45, 2.75) is 0 Å². The summed E-state index contributed by atoms with van der Waals surface area (Å²) in [6.07, 6.45) is 0. The summed E-state index contributed by atoms with van der Waals surface area (Å²) in [5.41, 5.74) is 0. The zero-order valence-corrected chi connectivity index (χ0v) is 11.4. The summed E-state index contributed by atoms with van der Waals surface area (Å²) in [6, 6.07) is 0. The molecule has 0 bridgehead atoms. The normalized spacial score (nSPS) is 0. The SMILES string of the molecule is [Nb+5].[Nb+5].[S-2].[S-2].[S-2].[S-2].[S-2]. The molecule has 0 aromatic rings. The Balaban J connectivity index is 0. The summed E-state index contributed by atoms with van der Waals surface area (Å²) >= 11 is 0. The van der Waals surface area contributed by atoms with Gasteiger partial charge in [-0.1, -0.05) is 0 Å². The van der Waals surface area contributed by atoms with Crippen molar-refractivity contribution < 1.29 is 44.8 Å². The molecule has 0 aromatic carbocycles. The fraction of sp³-hybridized carbons (Fsp3) is 0. The van der Waals surface area contributed by atoms with Crippen molar-refractivity contribution in [2.24, 2.45) is 0 Å². The van der Waals surface area contributed by atoms with Crippen molar-refractivity contribution in [1.82, 2.24) is 0 Å². The van der Waals surface area contributed by atoms with Crippen LogP contribution in [0.25, 0.3) is 0 Å². The van der Waals surface area contributed by atoms with Crippen LogP contribution in [0.15, 0.2) is 0 Å². The van der Waals surface area contributed by atoms with Gasteiger partial charge in [0.1, 0.15) is 0 Å². The van der Waals surface area contributed by atoms with Crippen molar-refractivity contribution in [1.29, 1.82) is 0 Å². The van der Waals surface area contributed by atoms with E-state index in [2.05, 4.69) is 0 Å². The van der Waals surface area contributed by atoms with Crippen LogP contribution >= 0.6 is 0 Å². The average molecular weight is 346 g/mol. The van der Waals surface area contributed by atoms with Crippen LogP contribution in [0.5, 0.6) is 0 Å². The van der Waals surface area contributed by atoms with E-state index in [1.54, 1.807) is 0 Å². The molecule has 0 aliphatic rings. The fourth-order valence-electron chi connectivity index (χ4n) is 0. The third-order valence-electron chi connectivity index (χ3n) is 0. The molecule has 0 aliphatic carbocycles. The molecule has 40 valence electrons. The van der Waals surface area contributed by atoms with E-state index in [0.717, 1.165) is 0 Å². The molecule has 0 radical (unpaired) electrons. The maximum absolute atomic E-state index is 0. The van der Waals surface area contributed by atoms with Crippen molar-refractivity contribution in [3.05, 3.63) is 0 Å². The second kappa shape index (κ2) is 59.9. The first-order valence-corrected chi connectivity index (χ1v) is 0. The van der Waals surface area contributed by atoms with Gasteiger partial charge in [-0.3, -0.25) is 0 Å². The smallest absolute Gasteiger partial charge is 2.00 e. The maximum atomic E-state index is 0. The molecule has 0 nitrogen and oxygen atoms in total. The Hall–Kier alpha value is 3.23. The standard InChI is InChI=1S/2Nb.5S/q2*+5;5*-2. The first-order valence-electron chi connectivity index (χ1n) is 0. The topological polar surface area (TPSA) is 0 Å². The number of hydrogen-bond donors (Lipinski definition) is 0. The molecule has 7 heteroatoms. The molecule has 0 fully saturated rings. The van der Waals surface area contributed by atoms with E-state index in [0.29, 0.717) is 0 Å². The summed E-state index contributed by atoms with van der Waals surface area (Å²) in [5, 5.41) is 0. The first kappa shape index (κ1) is 83.5. The van der Waals surface area contributed by atoms with Gasteiger partial charge in [0.15, 0.2) is 0 Å². The molecule has 0 heterocycles. The Bertz CT molecular complexity index is 6.04. The largest absolute Gasteiger partial charge is 5.00 e. The zero-order chi connectivity index (χ0) is 0. The van der Waals surface area contributed by atoms with Gasteiger partial charge in [0.05, 0.1) is 0 Å². The molecular weight excluding hydrogens is 346 g/mol. The second-order valence-electron chi connectivity index (χ2n) is 0. The van der Waals surface area contributed by atoms with Gasteiger partial charge in [0.25, 0.3) is 0 Å². The monoisotopic (exact) mass is 346 g/mol. The predicted octanol–water partition coefficient (Wildman–Crippen LogP) is -0.0170. The molecule has 0 aliphatic heterocycles. The maximum Gasteiger partial charge on any atom is 5.00 e. The molecule has 0 aromatic heterocycles. The summed E-state index contributed by atoms with van der Waals surface area (Å²) in [5.74, 6) is 0. The van der Waals surface area contributed by atoms with Crippen LogP contribution in [-0.2, 0) is 112 Å². The Morgan fingerprint density at radius 1 is 0.286 bits per heavy atom. The van der Waals surface area contributed by atoms with E-state index < -0.39 is 0 Å². The molecule has 7 heavy (non-hydrogen) atoms. The molecule has 0 atom stereocenters. The van der Waals surface area contributed by atoms with Crippen molar-refractivity contribution in [2.75, 3.05) is 0 Å². The summed E-state index contributed by atoms with van der Waals surface area (Å²) in [7, 11) is 0. The Morgan fingerprint density at radius 3 is 0.286 bits per heavy atom.